The number of carbonyl (C=O) groups excluding carboxylic acids is 2. The van der Waals surface area contributed by atoms with Crippen LogP contribution in [0.5, 0.6) is 0 Å². The molecule has 0 fully saturated rings. The molecule has 0 saturated heterocycles. The predicted octanol–water partition coefficient (Wildman–Crippen LogP) is 4.65. The van der Waals surface area contributed by atoms with Crippen LogP contribution >= 0.6 is 11.3 Å². The third-order valence-electron chi connectivity index (χ3n) is 4.61. The average Bonchev–Trinajstić information content (AvgIpc) is 3.26. The fourth-order valence-corrected chi connectivity index (χ4v) is 4.19. The van der Waals surface area contributed by atoms with Gasteiger partial charge in [0.25, 0.3) is 5.91 Å². The zero-order valence-corrected chi connectivity index (χ0v) is 17.4. The molecule has 6 nitrogen and oxygen atoms in total. The van der Waals surface area contributed by atoms with Crippen molar-refractivity contribution in [1.29, 1.82) is 5.26 Å². The molecule has 2 aromatic heterocycles. The highest BCUT2D eigenvalue weighted by Crippen LogP contribution is 2.25. The van der Waals surface area contributed by atoms with Crippen molar-refractivity contribution >= 4 is 28.2 Å². The molecule has 0 spiro atoms. The Hall–Kier alpha value is -3.24. The molecule has 29 heavy (non-hydrogen) atoms. The maximum atomic E-state index is 12.8. The Balaban J connectivity index is 1.76. The first-order chi connectivity index (χ1) is 13.9. The van der Waals surface area contributed by atoms with Gasteiger partial charge in [0.15, 0.2) is 10.9 Å². The minimum absolute atomic E-state index is 0.0415. The number of nitrogens with zero attached hydrogens (tertiary/aromatic N) is 2. The van der Waals surface area contributed by atoms with E-state index in [0.717, 1.165) is 22.4 Å². The fourth-order valence-electron chi connectivity index (χ4n) is 3.35. The SMILES string of the molecule is CCCc1c(C(=O)Nc2ncc(Cc3ccc(C#N)cc3)s2)[nH]c(C)c1C(C)=O. The van der Waals surface area contributed by atoms with E-state index in [-0.39, 0.29) is 11.7 Å². The van der Waals surface area contributed by atoms with Crippen LogP contribution in [0.2, 0.25) is 0 Å². The molecule has 3 aromatic rings. The molecule has 0 atom stereocenters. The van der Waals surface area contributed by atoms with Crippen molar-refractivity contribution in [2.75, 3.05) is 5.32 Å². The molecule has 7 heteroatoms. The van der Waals surface area contributed by atoms with E-state index >= 15 is 0 Å². The molecule has 0 radical (unpaired) electrons. The molecule has 0 aliphatic rings. The lowest BCUT2D eigenvalue weighted by Crippen LogP contribution is -2.14. The Morgan fingerprint density at radius 2 is 2.00 bits per heavy atom. The van der Waals surface area contributed by atoms with Crippen molar-refractivity contribution in [3.05, 3.63) is 69.0 Å². The smallest absolute Gasteiger partial charge is 0.274 e. The van der Waals surface area contributed by atoms with Crippen molar-refractivity contribution in [3.63, 3.8) is 0 Å². The molecule has 1 aromatic carbocycles. The van der Waals surface area contributed by atoms with Crippen LogP contribution < -0.4 is 5.32 Å². The minimum Gasteiger partial charge on any atom is -0.354 e. The number of nitriles is 1. The first-order valence-electron chi connectivity index (χ1n) is 9.40. The summed E-state index contributed by atoms with van der Waals surface area (Å²) >= 11 is 1.41. The number of amides is 1. The highest BCUT2D eigenvalue weighted by Gasteiger charge is 2.22. The monoisotopic (exact) mass is 406 g/mol. The predicted molar refractivity (Wildman–Crippen MR) is 114 cm³/mol. The van der Waals surface area contributed by atoms with Crippen LogP contribution in [0, 0.1) is 18.3 Å². The van der Waals surface area contributed by atoms with Gasteiger partial charge in [-0.05, 0) is 43.5 Å². The van der Waals surface area contributed by atoms with Crippen LogP contribution in [-0.4, -0.2) is 21.7 Å². The van der Waals surface area contributed by atoms with Gasteiger partial charge < -0.3 is 4.98 Å². The van der Waals surface area contributed by atoms with Crippen LogP contribution in [0.4, 0.5) is 5.13 Å². The van der Waals surface area contributed by atoms with E-state index < -0.39 is 0 Å². The first kappa shape index (κ1) is 20.5. The van der Waals surface area contributed by atoms with Crippen LogP contribution in [0.3, 0.4) is 0 Å². The van der Waals surface area contributed by atoms with E-state index in [1.807, 2.05) is 26.0 Å². The standard InChI is InChI=1S/C22H22N4O2S/c1-4-5-18-19(14(3)27)13(2)25-20(18)21(28)26-22-24-12-17(29-22)10-15-6-8-16(11-23)9-7-15/h6-9,12,25H,4-5,10H2,1-3H3,(H,24,26,28). The molecule has 0 aliphatic carbocycles. The molecule has 1 amide bonds. The zero-order valence-electron chi connectivity index (χ0n) is 16.6. The van der Waals surface area contributed by atoms with Gasteiger partial charge in [0.1, 0.15) is 5.69 Å². The molecule has 0 saturated carbocycles. The number of Topliss-reactive ketones (excluding diaryl/α,β-unsaturated/α-hetero) is 1. The number of aromatic amines is 1. The Kier molecular flexibility index (Phi) is 6.25. The van der Waals surface area contributed by atoms with Crippen LogP contribution in [-0.2, 0) is 12.8 Å². The second-order valence-corrected chi connectivity index (χ2v) is 7.97. The van der Waals surface area contributed by atoms with E-state index in [1.165, 1.54) is 18.3 Å². The minimum atomic E-state index is -0.289. The lowest BCUT2D eigenvalue weighted by atomic mass is 10.0. The number of hydrogen-bond acceptors (Lipinski definition) is 5. The number of aromatic nitrogens is 2. The van der Waals surface area contributed by atoms with E-state index in [0.29, 0.717) is 40.5 Å². The van der Waals surface area contributed by atoms with Gasteiger partial charge in [-0.3, -0.25) is 14.9 Å². The number of H-pyrrole nitrogens is 1. The van der Waals surface area contributed by atoms with Gasteiger partial charge in [0.2, 0.25) is 0 Å². The lowest BCUT2D eigenvalue weighted by molar-refractivity contribution is 0.101. The zero-order chi connectivity index (χ0) is 21.0. The van der Waals surface area contributed by atoms with Crippen molar-refractivity contribution in [3.8, 4) is 6.07 Å². The summed E-state index contributed by atoms with van der Waals surface area (Å²) in [5, 5.41) is 12.2. The maximum absolute atomic E-state index is 12.8. The third-order valence-corrected chi connectivity index (χ3v) is 5.52. The lowest BCUT2D eigenvalue weighted by Gasteiger charge is -2.05. The molecule has 3 rings (SSSR count). The van der Waals surface area contributed by atoms with E-state index in [4.69, 9.17) is 5.26 Å². The highest BCUT2D eigenvalue weighted by atomic mass is 32.1. The van der Waals surface area contributed by atoms with Gasteiger partial charge in [-0.2, -0.15) is 5.26 Å². The number of rotatable bonds is 7. The first-order valence-corrected chi connectivity index (χ1v) is 10.2. The van der Waals surface area contributed by atoms with Crippen molar-refractivity contribution < 1.29 is 9.59 Å². The second kappa shape index (κ2) is 8.84. The molecule has 0 aliphatic heterocycles. The van der Waals surface area contributed by atoms with E-state index in [1.54, 1.807) is 18.3 Å². The summed E-state index contributed by atoms with van der Waals surface area (Å²) in [5.74, 6) is -0.330. The number of thiazole rings is 1. The Morgan fingerprint density at radius 3 is 2.62 bits per heavy atom. The quantitative estimate of drug-likeness (QED) is 0.558. The van der Waals surface area contributed by atoms with Crippen molar-refractivity contribution in [1.82, 2.24) is 9.97 Å². The number of ketones is 1. The molecular weight excluding hydrogens is 384 g/mol. The molecule has 0 unspecified atom stereocenters. The van der Waals surface area contributed by atoms with Crippen LogP contribution in [0.25, 0.3) is 0 Å². The van der Waals surface area contributed by atoms with Crippen LogP contribution in [0.1, 0.15) is 68.4 Å². The maximum Gasteiger partial charge on any atom is 0.274 e. The van der Waals surface area contributed by atoms with Gasteiger partial charge in [0.05, 0.1) is 11.6 Å². The van der Waals surface area contributed by atoms with Crippen molar-refractivity contribution in [2.45, 2.75) is 40.0 Å². The van der Waals surface area contributed by atoms with Gasteiger partial charge in [-0.15, -0.1) is 11.3 Å². The number of carbonyl (C=O) groups is 2. The molecule has 2 heterocycles. The van der Waals surface area contributed by atoms with Gasteiger partial charge in [0, 0.05) is 28.8 Å². The van der Waals surface area contributed by atoms with Gasteiger partial charge >= 0.3 is 0 Å². The fraction of sp³-hybridized carbons (Fsp3) is 0.273. The second-order valence-electron chi connectivity index (χ2n) is 6.86. The summed E-state index contributed by atoms with van der Waals surface area (Å²) < 4.78 is 0. The summed E-state index contributed by atoms with van der Waals surface area (Å²) in [6.45, 7) is 5.35. The number of hydrogen-bond donors (Lipinski definition) is 2. The number of aryl methyl sites for hydroxylation is 1. The number of benzene rings is 1. The summed E-state index contributed by atoms with van der Waals surface area (Å²) in [6, 6.07) is 9.51. The molecular formula is C22H22N4O2S. The molecule has 148 valence electrons. The van der Waals surface area contributed by atoms with E-state index in [9.17, 15) is 9.59 Å². The summed E-state index contributed by atoms with van der Waals surface area (Å²) in [7, 11) is 0. The molecule has 0 bridgehead atoms. The van der Waals surface area contributed by atoms with Crippen molar-refractivity contribution in [2.24, 2.45) is 0 Å². The Bertz CT molecular complexity index is 1090. The summed E-state index contributed by atoms with van der Waals surface area (Å²) in [6.07, 6.45) is 3.91. The number of nitrogens with one attached hydrogen (secondary N) is 2. The highest BCUT2D eigenvalue weighted by molar-refractivity contribution is 7.15. The Labute approximate surface area is 173 Å². The van der Waals surface area contributed by atoms with E-state index in [2.05, 4.69) is 21.4 Å². The number of anilines is 1. The van der Waals surface area contributed by atoms with Gasteiger partial charge in [-0.25, -0.2) is 4.98 Å². The topological polar surface area (TPSA) is 98.6 Å². The summed E-state index contributed by atoms with van der Waals surface area (Å²) in [5.41, 5.74) is 4.22. The molecule has 2 N–H and O–H groups in total. The average molecular weight is 407 g/mol. The Morgan fingerprint density at radius 1 is 1.28 bits per heavy atom. The normalized spacial score (nSPS) is 10.6. The largest absolute Gasteiger partial charge is 0.354 e. The van der Waals surface area contributed by atoms with Gasteiger partial charge in [-0.1, -0.05) is 25.5 Å². The summed E-state index contributed by atoms with van der Waals surface area (Å²) in [4.78, 5) is 33.2. The van der Waals surface area contributed by atoms with Crippen LogP contribution in [0.15, 0.2) is 30.5 Å². The third kappa shape index (κ3) is 4.61.